The molecule has 0 bridgehead atoms. The van der Waals surface area contributed by atoms with Crippen LogP contribution in [0.1, 0.15) is 47.2 Å². The predicted octanol–water partition coefficient (Wildman–Crippen LogP) is 5.28. The van der Waals surface area contributed by atoms with Crippen molar-refractivity contribution < 1.29 is 0 Å². The second-order valence-corrected chi connectivity index (χ2v) is 7.30. The van der Waals surface area contributed by atoms with Crippen molar-refractivity contribution in [3.63, 3.8) is 0 Å². The molecule has 3 rings (SSSR count). The largest absolute Gasteiger partial charge is 0.312 e. The van der Waals surface area contributed by atoms with Crippen molar-refractivity contribution in [2.75, 3.05) is 7.05 Å². The Balaban J connectivity index is 1.82. The molecular formula is C17H20BrNS. The van der Waals surface area contributed by atoms with Crippen molar-refractivity contribution in [1.29, 1.82) is 0 Å². The fraction of sp³-hybridized carbons (Fsp3) is 0.412. The molecule has 2 unspecified atom stereocenters. The number of benzene rings is 1. The summed E-state index contributed by atoms with van der Waals surface area (Å²) in [6.45, 7) is 0. The Morgan fingerprint density at radius 1 is 1.35 bits per heavy atom. The summed E-state index contributed by atoms with van der Waals surface area (Å²) in [5.41, 5.74) is 3.13. The van der Waals surface area contributed by atoms with Crippen LogP contribution in [-0.2, 0) is 6.42 Å². The second kappa shape index (κ2) is 6.42. The van der Waals surface area contributed by atoms with Gasteiger partial charge in [-0.15, -0.1) is 11.3 Å². The number of hydrogen-bond acceptors (Lipinski definition) is 2. The first-order valence-electron chi connectivity index (χ1n) is 7.27. The maximum atomic E-state index is 3.67. The summed E-state index contributed by atoms with van der Waals surface area (Å²) in [5.74, 6) is 0.686. The lowest BCUT2D eigenvalue weighted by Crippen LogP contribution is -2.20. The Morgan fingerprint density at radius 3 is 2.95 bits per heavy atom. The molecule has 2 atom stereocenters. The molecule has 0 spiro atoms. The Labute approximate surface area is 133 Å². The van der Waals surface area contributed by atoms with E-state index in [1.165, 1.54) is 35.0 Å². The van der Waals surface area contributed by atoms with Gasteiger partial charge in [-0.1, -0.05) is 24.3 Å². The van der Waals surface area contributed by atoms with Crippen molar-refractivity contribution >= 4 is 27.3 Å². The van der Waals surface area contributed by atoms with Gasteiger partial charge >= 0.3 is 0 Å². The van der Waals surface area contributed by atoms with Crippen LogP contribution in [-0.4, -0.2) is 7.05 Å². The van der Waals surface area contributed by atoms with Crippen molar-refractivity contribution in [2.24, 2.45) is 0 Å². The molecule has 3 heteroatoms. The van der Waals surface area contributed by atoms with Gasteiger partial charge in [-0.3, -0.25) is 0 Å². The Bertz CT molecular complexity index is 578. The van der Waals surface area contributed by atoms with Gasteiger partial charge in [-0.25, -0.2) is 0 Å². The van der Waals surface area contributed by atoms with Crippen molar-refractivity contribution in [2.45, 2.75) is 37.6 Å². The molecule has 106 valence electrons. The highest BCUT2D eigenvalue weighted by Crippen LogP contribution is 2.40. The van der Waals surface area contributed by atoms with Crippen LogP contribution in [0.25, 0.3) is 0 Å². The molecule has 20 heavy (non-hydrogen) atoms. The van der Waals surface area contributed by atoms with Gasteiger partial charge < -0.3 is 5.32 Å². The first-order chi connectivity index (χ1) is 9.79. The van der Waals surface area contributed by atoms with Gasteiger partial charge in [-0.2, -0.15) is 0 Å². The van der Waals surface area contributed by atoms with E-state index in [0.717, 1.165) is 0 Å². The molecule has 2 aromatic rings. The lowest BCUT2D eigenvalue weighted by Gasteiger charge is -2.28. The SMILES string of the molecule is CNC(CC1CCCc2ccccc21)c1sccc1Br. The van der Waals surface area contributed by atoms with E-state index in [-0.39, 0.29) is 0 Å². The number of thiophene rings is 1. The maximum absolute atomic E-state index is 3.67. The van der Waals surface area contributed by atoms with E-state index in [4.69, 9.17) is 0 Å². The maximum Gasteiger partial charge on any atom is 0.0429 e. The zero-order chi connectivity index (χ0) is 13.9. The van der Waals surface area contributed by atoms with Crippen molar-refractivity contribution in [1.82, 2.24) is 5.32 Å². The predicted molar refractivity (Wildman–Crippen MR) is 90.6 cm³/mol. The van der Waals surface area contributed by atoms with Crippen LogP contribution in [0.4, 0.5) is 0 Å². The average molecular weight is 350 g/mol. The highest BCUT2D eigenvalue weighted by Gasteiger charge is 2.24. The van der Waals surface area contributed by atoms with E-state index >= 15 is 0 Å². The number of halogens is 1. The zero-order valence-corrected chi connectivity index (χ0v) is 14.1. The number of fused-ring (bicyclic) bond motifs is 1. The van der Waals surface area contributed by atoms with Crippen LogP contribution in [0, 0.1) is 0 Å². The third-order valence-electron chi connectivity index (χ3n) is 4.32. The molecule has 0 saturated carbocycles. The van der Waals surface area contributed by atoms with Crippen LogP contribution in [0.3, 0.4) is 0 Å². The lowest BCUT2D eigenvalue weighted by molar-refractivity contribution is 0.443. The van der Waals surface area contributed by atoms with E-state index in [0.29, 0.717) is 12.0 Å². The average Bonchev–Trinajstić information content (AvgIpc) is 2.91. The summed E-state index contributed by atoms with van der Waals surface area (Å²) in [4.78, 5) is 1.43. The van der Waals surface area contributed by atoms with E-state index in [1.54, 1.807) is 11.1 Å². The molecule has 0 aliphatic heterocycles. The van der Waals surface area contributed by atoms with Crippen molar-refractivity contribution in [3.05, 3.63) is 56.2 Å². The fourth-order valence-electron chi connectivity index (χ4n) is 3.29. The number of rotatable bonds is 4. The summed E-state index contributed by atoms with van der Waals surface area (Å²) in [7, 11) is 2.07. The van der Waals surface area contributed by atoms with Gasteiger partial charge in [0, 0.05) is 15.4 Å². The van der Waals surface area contributed by atoms with Crippen LogP contribution >= 0.6 is 27.3 Å². The highest BCUT2D eigenvalue weighted by molar-refractivity contribution is 9.10. The van der Waals surface area contributed by atoms with Gasteiger partial charge in [0.05, 0.1) is 0 Å². The minimum Gasteiger partial charge on any atom is -0.312 e. The smallest absolute Gasteiger partial charge is 0.0429 e. The zero-order valence-electron chi connectivity index (χ0n) is 11.7. The standard InChI is InChI=1S/C17H20BrNS/c1-19-16(17-15(18)9-10-20-17)11-13-7-4-6-12-5-2-3-8-14(12)13/h2-3,5,8-10,13,16,19H,4,6-7,11H2,1H3. The Hall–Kier alpha value is -0.640. The van der Waals surface area contributed by atoms with Crippen LogP contribution in [0.15, 0.2) is 40.2 Å². The molecule has 0 radical (unpaired) electrons. The molecule has 1 aromatic heterocycles. The quantitative estimate of drug-likeness (QED) is 0.791. The molecule has 1 aliphatic rings. The summed E-state index contributed by atoms with van der Waals surface area (Å²) < 4.78 is 1.24. The first-order valence-corrected chi connectivity index (χ1v) is 8.95. The molecule has 1 aromatic carbocycles. The second-order valence-electron chi connectivity index (χ2n) is 5.50. The molecule has 1 aliphatic carbocycles. The van der Waals surface area contributed by atoms with Crippen LogP contribution in [0.2, 0.25) is 0 Å². The molecule has 0 amide bonds. The monoisotopic (exact) mass is 349 g/mol. The molecule has 1 N–H and O–H groups in total. The van der Waals surface area contributed by atoms with Gasteiger partial charge in [0.2, 0.25) is 0 Å². The third-order valence-corrected chi connectivity index (χ3v) is 6.31. The van der Waals surface area contributed by atoms with Gasteiger partial charge in [0.1, 0.15) is 0 Å². The van der Waals surface area contributed by atoms with Gasteiger partial charge in [0.25, 0.3) is 0 Å². The van der Waals surface area contributed by atoms with Crippen LogP contribution in [0.5, 0.6) is 0 Å². The number of hydrogen-bond donors (Lipinski definition) is 1. The first kappa shape index (κ1) is 14.3. The summed E-state index contributed by atoms with van der Waals surface area (Å²) in [6, 6.07) is 11.6. The van der Waals surface area contributed by atoms with E-state index in [2.05, 4.69) is 64.0 Å². The molecular weight excluding hydrogens is 330 g/mol. The van der Waals surface area contributed by atoms with Gasteiger partial charge in [-0.05, 0) is 77.2 Å². The minimum absolute atomic E-state index is 0.445. The topological polar surface area (TPSA) is 12.0 Å². The van der Waals surface area contributed by atoms with E-state index < -0.39 is 0 Å². The number of aryl methyl sites for hydroxylation is 1. The normalized spacial score (nSPS) is 19.6. The Kier molecular flexibility index (Phi) is 4.59. The highest BCUT2D eigenvalue weighted by atomic mass is 79.9. The van der Waals surface area contributed by atoms with Gasteiger partial charge in [0.15, 0.2) is 0 Å². The van der Waals surface area contributed by atoms with E-state index in [9.17, 15) is 0 Å². The third kappa shape index (κ3) is 2.85. The molecule has 1 heterocycles. The molecule has 0 fully saturated rings. The van der Waals surface area contributed by atoms with Crippen LogP contribution < -0.4 is 5.32 Å². The van der Waals surface area contributed by atoms with E-state index in [1.807, 2.05) is 11.3 Å². The minimum atomic E-state index is 0.445. The summed E-state index contributed by atoms with van der Waals surface area (Å²) in [5, 5.41) is 5.67. The molecule has 1 nitrogen and oxygen atoms in total. The molecule has 0 saturated heterocycles. The lowest BCUT2D eigenvalue weighted by atomic mass is 9.79. The summed E-state index contributed by atoms with van der Waals surface area (Å²) in [6.07, 6.45) is 5.08. The van der Waals surface area contributed by atoms with Crippen molar-refractivity contribution in [3.8, 4) is 0 Å². The fourth-order valence-corrected chi connectivity index (χ4v) is 5.07. The number of nitrogens with one attached hydrogen (secondary N) is 1. The summed E-state index contributed by atoms with van der Waals surface area (Å²) >= 11 is 5.52. The Morgan fingerprint density at radius 2 is 2.20 bits per heavy atom.